The Labute approximate surface area is 432 Å². The highest BCUT2D eigenvalue weighted by Crippen LogP contribution is 2.64. The molecule has 3 saturated carbocycles. The number of rotatable bonds is 20. The molecule has 6 aliphatic carbocycles. The third-order valence-electron chi connectivity index (χ3n) is 19.3. The molecular weight excluding hydrogens is 889 g/mol. The number of allylic oxidation sites excluding steroid dienone is 3. The minimum atomic E-state index is -0.625. The number of aliphatic hydroxyl groups is 1. The lowest BCUT2D eigenvalue weighted by Crippen LogP contribution is -2.47. The molecule has 6 unspecified atom stereocenters. The zero-order chi connectivity index (χ0) is 50.2. The van der Waals surface area contributed by atoms with Gasteiger partial charge >= 0.3 is 5.97 Å². The molecule has 6 aliphatic rings. The van der Waals surface area contributed by atoms with Gasteiger partial charge < -0.3 is 24.8 Å². The van der Waals surface area contributed by atoms with Crippen molar-refractivity contribution in [3.8, 4) is 11.5 Å². The average Bonchev–Trinajstić information content (AvgIpc) is 3.89. The molecule has 0 amide bonds. The second kappa shape index (κ2) is 23.7. The lowest BCUT2D eigenvalue weighted by atomic mass is 9.51. The SMILES string of the molecule is C=CCC1=C2c3ccc(OCc4ccccc4)cc3CCC2C2CC[C@H](OCc3ccccc3)[C@@]2(C)C1.CCCC(CCCCCCCC[C@H]1C[C@@]2(C)C(CC[C@@H]2O)C2CCc3cc(O)ccc3C21)C(=O)O. The van der Waals surface area contributed by atoms with Crippen LogP contribution < -0.4 is 4.74 Å². The van der Waals surface area contributed by atoms with Gasteiger partial charge in [0.15, 0.2) is 0 Å². The number of hydrogen-bond acceptors (Lipinski definition) is 5. The number of aryl methyl sites for hydroxylation is 2. The Morgan fingerprint density at radius 1 is 0.764 bits per heavy atom. The summed E-state index contributed by atoms with van der Waals surface area (Å²) in [6.45, 7) is 12.4. The van der Waals surface area contributed by atoms with E-state index in [0.717, 1.165) is 82.8 Å². The Hall–Kier alpha value is -4.65. The van der Waals surface area contributed by atoms with Crippen molar-refractivity contribution in [3.05, 3.63) is 149 Å². The normalized spacial score (nSPS) is 29.3. The summed E-state index contributed by atoms with van der Waals surface area (Å²) in [5, 5.41) is 30.3. The largest absolute Gasteiger partial charge is 0.508 e. The minimum absolute atomic E-state index is 0.0689. The van der Waals surface area contributed by atoms with E-state index in [1.807, 2.05) is 18.2 Å². The van der Waals surface area contributed by atoms with Crippen molar-refractivity contribution >= 4 is 11.5 Å². The van der Waals surface area contributed by atoms with E-state index in [2.05, 4.69) is 112 Å². The van der Waals surface area contributed by atoms with Crippen molar-refractivity contribution in [3.63, 3.8) is 0 Å². The van der Waals surface area contributed by atoms with Crippen molar-refractivity contribution in [2.45, 2.75) is 187 Å². The van der Waals surface area contributed by atoms with Gasteiger partial charge in [-0.3, -0.25) is 4.79 Å². The molecule has 0 aliphatic heterocycles. The number of unbranched alkanes of at least 4 members (excludes halogenated alkanes) is 5. The number of phenols is 1. The fourth-order valence-electron chi connectivity index (χ4n) is 15.8. The van der Waals surface area contributed by atoms with Crippen LogP contribution in [0.5, 0.6) is 11.5 Å². The Bertz CT molecular complexity index is 2460. The summed E-state index contributed by atoms with van der Waals surface area (Å²) in [7, 11) is 0. The quantitative estimate of drug-likeness (QED) is 0.0603. The first kappa shape index (κ1) is 52.2. The highest BCUT2D eigenvalue weighted by atomic mass is 16.5. The number of phenolic OH excluding ortho intramolecular Hbond substituents is 1. The Morgan fingerprint density at radius 3 is 2.21 bits per heavy atom. The second-order valence-electron chi connectivity index (χ2n) is 23.7. The summed E-state index contributed by atoms with van der Waals surface area (Å²) in [5.74, 6) is 4.36. The summed E-state index contributed by atoms with van der Waals surface area (Å²) in [6.07, 6.45) is 25.5. The number of carboxylic acids is 1. The highest BCUT2D eigenvalue weighted by Gasteiger charge is 2.58. The molecule has 0 heterocycles. The van der Waals surface area contributed by atoms with E-state index in [-0.39, 0.29) is 22.9 Å². The zero-order valence-corrected chi connectivity index (χ0v) is 44.0. The van der Waals surface area contributed by atoms with Crippen LogP contribution in [0.4, 0.5) is 0 Å². The number of carboxylic acid groups (broad SMARTS) is 1. The Morgan fingerprint density at radius 2 is 1.47 bits per heavy atom. The maximum absolute atomic E-state index is 11.3. The van der Waals surface area contributed by atoms with Crippen LogP contribution in [0, 0.1) is 46.3 Å². The maximum atomic E-state index is 11.3. The summed E-state index contributed by atoms with van der Waals surface area (Å²) < 4.78 is 12.8. The van der Waals surface area contributed by atoms with Crippen LogP contribution >= 0.6 is 0 Å². The first-order valence-corrected chi connectivity index (χ1v) is 28.5. The van der Waals surface area contributed by atoms with Crippen molar-refractivity contribution in [2.75, 3.05) is 0 Å². The number of carbonyl (C=O) groups is 1. The molecule has 4 aromatic carbocycles. The number of aromatic hydroxyl groups is 1. The smallest absolute Gasteiger partial charge is 0.306 e. The molecule has 6 heteroatoms. The minimum Gasteiger partial charge on any atom is -0.508 e. The molecule has 72 heavy (non-hydrogen) atoms. The molecule has 4 aromatic rings. The standard InChI is InChI=1S/C35H38O2.C31H48O4/c1-3-10-28-22-35(2)32(19-20-33(35)37-24-26-13-8-5-9-14-26)31-17-15-27-21-29(16-18-30(27)34(28)31)36-23-25-11-6-4-7-12-25;1-3-10-21(30(34)35)11-8-6-4-5-7-9-12-23-20-31(2)27(17-18-28(31)33)26-15-13-22-19-24(32)14-16-25(22)29(23)26/h3-9,11-14,16,18,21,31-33H,1,10,15,17,19-20,22-24H2,2H3;14,16,19,21,23,26-29,32-33H,3-13,15,17-18,20H2,1-2H3,(H,34,35)/t31?,32?,33-,35-;21?,23-,26?,27?,28-,29?,31-/m00/s1. The number of ether oxygens (including phenoxy) is 2. The van der Waals surface area contributed by atoms with E-state index < -0.39 is 5.97 Å². The van der Waals surface area contributed by atoms with Crippen LogP contribution in [0.2, 0.25) is 0 Å². The van der Waals surface area contributed by atoms with Crippen LogP contribution in [0.3, 0.4) is 0 Å². The molecule has 3 fully saturated rings. The third-order valence-corrected chi connectivity index (χ3v) is 19.3. The molecule has 386 valence electrons. The first-order chi connectivity index (χ1) is 35.0. The lowest BCUT2D eigenvalue weighted by molar-refractivity contribution is -0.142. The van der Waals surface area contributed by atoms with E-state index in [1.54, 1.807) is 11.1 Å². The molecule has 0 spiro atoms. The third kappa shape index (κ3) is 11.4. The number of aliphatic hydroxyl groups excluding tert-OH is 1. The van der Waals surface area contributed by atoms with Gasteiger partial charge in [-0.25, -0.2) is 0 Å². The summed E-state index contributed by atoms with van der Waals surface area (Å²) in [4.78, 5) is 11.3. The van der Waals surface area contributed by atoms with Crippen LogP contribution in [0.1, 0.15) is 182 Å². The molecular formula is C66H86O6. The second-order valence-corrected chi connectivity index (χ2v) is 23.7. The topological polar surface area (TPSA) is 96.2 Å². The van der Waals surface area contributed by atoms with E-state index in [9.17, 15) is 20.1 Å². The van der Waals surface area contributed by atoms with Gasteiger partial charge in [0.25, 0.3) is 0 Å². The van der Waals surface area contributed by atoms with Gasteiger partial charge in [-0.1, -0.05) is 150 Å². The lowest BCUT2D eigenvalue weighted by Gasteiger charge is -2.54. The van der Waals surface area contributed by atoms with Crippen LogP contribution in [-0.4, -0.2) is 33.5 Å². The molecule has 10 rings (SSSR count). The predicted octanol–water partition coefficient (Wildman–Crippen LogP) is 16.0. The van der Waals surface area contributed by atoms with Gasteiger partial charge in [-0.05, 0) is 194 Å². The van der Waals surface area contributed by atoms with Crippen molar-refractivity contribution in [1.29, 1.82) is 0 Å². The average molecular weight is 975 g/mol. The maximum Gasteiger partial charge on any atom is 0.306 e. The molecule has 6 nitrogen and oxygen atoms in total. The van der Waals surface area contributed by atoms with Gasteiger partial charge in [0.05, 0.1) is 24.7 Å². The zero-order valence-electron chi connectivity index (χ0n) is 44.0. The fraction of sp³-hybridized carbons (Fsp3) is 0.561. The van der Waals surface area contributed by atoms with Crippen molar-refractivity contribution < 1.29 is 29.6 Å². The summed E-state index contributed by atoms with van der Waals surface area (Å²) >= 11 is 0. The summed E-state index contributed by atoms with van der Waals surface area (Å²) in [5.41, 5.74) is 11.6. The Balaban J connectivity index is 0.000000178. The monoisotopic (exact) mass is 975 g/mol. The number of benzene rings is 4. The molecule has 0 radical (unpaired) electrons. The number of aliphatic carboxylic acids is 1. The number of fused-ring (bicyclic) bond motifs is 10. The molecule has 11 atom stereocenters. The van der Waals surface area contributed by atoms with Crippen molar-refractivity contribution in [2.24, 2.45) is 46.3 Å². The van der Waals surface area contributed by atoms with Crippen LogP contribution in [-0.2, 0) is 35.6 Å². The molecule has 0 bridgehead atoms. The predicted molar refractivity (Wildman–Crippen MR) is 292 cm³/mol. The van der Waals surface area contributed by atoms with Gasteiger partial charge in [-0.15, -0.1) is 6.58 Å². The fourth-order valence-corrected chi connectivity index (χ4v) is 15.8. The Kier molecular flexibility index (Phi) is 17.2. The van der Waals surface area contributed by atoms with Crippen molar-refractivity contribution in [1.82, 2.24) is 0 Å². The van der Waals surface area contributed by atoms with E-state index >= 15 is 0 Å². The van der Waals surface area contributed by atoms with Crippen LogP contribution in [0.25, 0.3) is 5.57 Å². The van der Waals surface area contributed by atoms with Gasteiger partial charge in [0.2, 0.25) is 0 Å². The van der Waals surface area contributed by atoms with Gasteiger partial charge in [0, 0.05) is 5.41 Å². The molecule has 3 N–H and O–H groups in total. The van der Waals surface area contributed by atoms with E-state index in [0.29, 0.717) is 60.6 Å². The first-order valence-electron chi connectivity index (χ1n) is 28.5. The highest BCUT2D eigenvalue weighted by molar-refractivity contribution is 5.77. The number of hydrogen-bond donors (Lipinski definition) is 3. The van der Waals surface area contributed by atoms with Crippen LogP contribution in [0.15, 0.2) is 115 Å². The summed E-state index contributed by atoms with van der Waals surface area (Å²) in [6, 6.07) is 33.9. The molecule has 0 aromatic heterocycles. The van der Waals surface area contributed by atoms with Gasteiger partial charge in [-0.2, -0.15) is 0 Å². The van der Waals surface area contributed by atoms with E-state index in [4.69, 9.17) is 9.47 Å². The molecule has 0 saturated heterocycles. The van der Waals surface area contributed by atoms with Gasteiger partial charge in [0.1, 0.15) is 18.1 Å². The van der Waals surface area contributed by atoms with E-state index in [1.165, 1.54) is 91.2 Å².